The third-order valence-corrected chi connectivity index (χ3v) is 4.09. The van der Waals surface area contributed by atoms with Crippen LogP contribution >= 0.6 is 11.8 Å². The zero-order valence-electron chi connectivity index (χ0n) is 14.9. The normalized spacial score (nSPS) is 10.3. The van der Waals surface area contributed by atoms with Gasteiger partial charge in [-0.25, -0.2) is 4.79 Å². The predicted octanol–water partition coefficient (Wildman–Crippen LogP) is 3.77. The monoisotopic (exact) mass is 382 g/mol. The summed E-state index contributed by atoms with van der Waals surface area (Å²) in [5.74, 6) is -0.329. The van der Waals surface area contributed by atoms with Crippen LogP contribution in [0.15, 0.2) is 53.4 Å². The lowest BCUT2D eigenvalue weighted by atomic mass is 10.2. The Kier molecular flexibility index (Phi) is 7.47. The third kappa shape index (κ3) is 6.53. The van der Waals surface area contributed by atoms with Crippen molar-refractivity contribution in [2.75, 3.05) is 19.0 Å². The molecule has 27 heavy (non-hydrogen) atoms. The minimum atomic E-state index is -0.613. The summed E-state index contributed by atoms with van der Waals surface area (Å²) in [6.45, 7) is 1.43. The minimum Gasteiger partial charge on any atom is -0.497 e. The molecule has 0 aliphatic heterocycles. The molecule has 2 aromatic rings. The molecule has 0 aliphatic carbocycles. The Labute approximate surface area is 161 Å². The molecule has 2 rings (SSSR count). The van der Waals surface area contributed by atoms with Crippen LogP contribution in [0.1, 0.15) is 11.1 Å². The van der Waals surface area contributed by atoms with E-state index in [0.717, 1.165) is 33.5 Å². The summed E-state index contributed by atoms with van der Waals surface area (Å²) in [5, 5.41) is 13.3. The molecule has 0 fully saturated rings. The number of carbonyl (C=O) groups excluding carboxylic acids is 2. The molecule has 1 amide bonds. The van der Waals surface area contributed by atoms with Crippen molar-refractivity contribution in [3.8, 4) is 11.2 Å². The number of carbonyl (C=O) groups is 2. The zero-order valence-corrected chi connectivity index (χ0v) is 15.7. The summed E-state index contributed by atoms with van der Waals surface area (Å²) in [6.07, 6.45) is 2.85. The van der Waals surface area contributed by atoms with E-state index in [9.17, 15) is 9.59 Å². The highest BCUT2D eigenvalue weighted by Crippen LogP contribution is 2.23. The molecule has 138 valence electrons. The fraction of sp³-hybridized carbons (Fsp3) is 0.150. The Morgan fingerprint density at radius 3 is 2.59 bits per heavy atom. The number of amides is 1. The number of esters is 1. The van der Waals surface area contributed by atoms with Crippen molar-refractivity contribution in [2.45, 2.75) is 11.8 Å². The second-order valence-corrected chi connectivity index (χ2v) is 6.29. The van der Waals surface area contributed by atoms with Gasteiger partial charge >= 0.3 is 5.97 Å². The number of hydrogen-bond acceptors (Lipinski definition) is 6. The van der Waals surface area contributed by atoms with Gasteiger partial charge in [-0.3, -0.25) is 4.79 Å². The highest BCUT2D eigenvalue weighted by atomic mass is 32.2. The number of ether oxygens (including phenoxy) is 2. The highest BCUT2D eigenvalue weighted by Gasteiger charge is 2.08. The molecule has 0 aliphatic rings. The summed E-state index contributed by atoms with van der Waals surface area (Å²) in [5.41, 5.74) is 2.23. The first-order valence-electron chi connectivity index (χ1n) is 7.97. The first-order valence-corrected chi connectivity index (χ1v) is 8.79. The van der Waals surface area contributed by atoms with E-state index in [4.69, 9.17) is 14.7 Å². The number of nitriles is 1. The van der Waals surface area contributed by atoms with Crippen molar-refractivity contribution in [1.82, 2.24) is 0 Å². The lowest BCUT2D eigenvalue weighted by Gasteiger charge is -2.09. The Morgan fingerprint density at radius 1 is 1.22 bits per heavy atom. The Balaban J connectivity index is 1.83. The number of thioether (sulfide) groups is 1. The van der Waals surface area contributed by atoms with Crippen molar-refractivity contribution in [2.24, 2.45) is 0 Å². The molecule has 7 heteroatoms. The van der Waals surface area contributed by atoms with Crippen LogP contribution in [0.25, 0.3) is 6.08 Å². The molecule has 1 N–H and O–H groups in total. The van der Waals surface area contributed by atoms with Crippen LogP contribution in [0.3, 0.4) is 0 Å². The van der Waals surface area contributed by atoms with Crippen LogP contribution in [0.2, 0.25) is 0 Å². The molecule has 2 aromatic carbocycles. The molecule has 0 bridgehead atoms. The van der Waals surface area contributed by atoms with Gasteiger partial charge in [-0.2, -0.15) is 5.26 Å². The standard InChI is InChI=1S/C20H18N2O4S/c1-14-11-17(27-13-21)8-9-18(14)22-19(23)12-26-20(24)10-5-15-3-6-16(25-2)7-4-15/h3-11H,12H2,1-2H3,(H,22,23)/b10-5+. The van der Waals surface area contributed by atoms with Gasteiger partial charge < -0.3 is 14.8 Å². The lowest BCUT2D eigenvalue weighted by molar-refractivity contribution is -0.142. The number of methoxy groups -OCH3 is 1. The largest absolute Gasteiger partial charge is 0.497 e. The van der Waals surface area contributed by atoms with Crippen LogP contribution < -0.4 is 10.1 Å². The second-order valence-electron chi connectivity index (χ2n) is 5.43. The topological polar surface area (TPSA) is 88.4 Å². The molecule has 0 unspecified atom stereocenters. The number of hydrogen-bond donors (Lipinski definition) is 1. The second kappa shape index (κ2) is 10.0. The fourth-order valence-corrected chi connectivity index (χ4v) is 2.62. The van der Waals surface area contributed by atoms with E-state index in [1.54, 1.807) is 55.7 Å². The van der Waals surface area contributed by atoms with Gasteiger partial charge in [-0.1, -0.05) is 12.1 Å². The lowest BCUT2D eigenvalue weighted by Crippen LogP contribution is -2.20. The fourth-order valence-electron chi connectivity index (χ4n) is 2.14. The van der Waals surface area contributed by atoms with Gasteiger partial charge in [0, 0.05) is 16.7 Å². The molecule has 0 spiro atoms. The van der Waals surface area contributed by atoms with Gasteiger partial charge in [0.05, 0.1) is 7.11 Å². The van der Waals surface area contributed by atoms with E-state index in [1.165, 1.54) is 6.08 Å². The molecule has 6 nitrogen and oxygen atoms in total. The molecule has 0 saturated carbocycles. The van der Waals surface area contributed by atoms with Crippen LogP contribution in [0.5, 0.6) is 5.75 Å². The maximum absolute atomic E-state index is 11.9. The Hall–Kier alpha value is -3.24. The number of nitrogens with zero attached hydrogens (tertiary/aromatic N) is 1. The summed E-state index contributed by atoms with van der Waals surface area (Å²) in [4.78, 5) is 24.5. The smallest absolute Gasteiger partial charge is 0.331 e. The van der Waals surface area contributed by atoms with E-state index >= 15 is 0 Å². The van der Waals surface area contributed by atoms with E-state index in [0.29, 0.717) is 5.69 Å². The molecule has 0 saturated heterocycles. The van der Waals surface area contributed by atoms with Crippen molar-refractivity contribution >= 4 is 35.4 Å². The quantitative estimate of drug-likeness (QED) is 0.339. The molecular formula is C20H18N2O4S. The van der Waals surface area contributed by atoms with Crippen molar-refractivity contribution < 1.29 is 19.1 Å². The van der Waals surface area contributed by atoms with E-state index in [1.807, 2.05) is 12.3 Å². The number of aryl methyl sites for hydroxylation is 1. The van der Waals surface area contributed by atoms with E-state index < -0.39 is 11.9 Å². The number of thiocyanates is 1. The molecule has 0 aromatic heterocycles. The van der Waals surface area contributed by atoms with E-state index in [2.05, 4.69) is 5.32 Å². The highest BCUT2D eigenvalue weighted by molar-refractivity contribution is 8.03. The van der Waals surface area contributed by atoms with Gasteiger partial charge in [-0.15, -0.1) is 0 Å². The Morgan fingerprint density at radius 2 is 1.96 bits per heavy atom. The maximum atomic E-state index is 11.9. The average molecular weight is 382 g/mol. The van der Waals surface area contributed by atoms with Crippen LogP contribution in [-0.2, 0) is 14.3 Å². The van der Waals surface area contributed by atoms with Gasteiger partial charge in [-0.05, 0) is 66.2 Å². The van der Waals surface area contributed by atoms with Crippen molar-refractivity contribution in [3.05, 3.63) is 59.7 Å². The number of anilines is 1. The molecule has 0 atom stereocenters. The number of benzene rings is 2. The average Bonchev–Trinajstić information content (AvgIpc) is 2.67. The van der Waals surface area contributed by atoms with Gasteiger partial charge in [0.2, 0.25) is 0 Å². The van der Waals surface area contributed by atoms with Crippen LogP contribution in [0, 0.1) is 17.6 Å². The Bertz CT molecular complexity index is 886. The minimum absolute atomic E-state index is 0.389. The van der Waals surface area contributed by atoms with Crippen LogP contribution in [-0.4, -0.2) is 25.6 Å². The molecular weight excluding hydrogens is 364 g/mol. The van der Waals surface area contributed by atoms with Gasteiger partial charge in [0.15, 0.2) is 6.61 Å². The first kappa shape index (κ1) is 20.1. The van der Waals surface area contributed by atoms with Gasteiger partial charge in [0.1, 0.15) is 11.2 Å². The zero-order chi connectivity index (χ0) is 19.6. The number of nitrogens with one attached hydrogen (secondary N) is 1. The van der Waals surface area contributed by atoms with Crippen LogP contribution in [0.4, 0.5) is 5.69 Å². The van der Waals surface area contributed by atoms with Crippen molar-refractivity contribution in [1.29, 1.82) is 5.26 Å². The van der Waals surface area contributed by atoms with E-state index in [-0.39, 0.29) is 6.61 Å². The predicted molar refractivity (Wildman–Crippen MR) is 104 cm³/mol. The SMILES string of the molecule is COc1ccc(/C=C/C(=O)OCC(=O)Nc2ccc(SC#N)cc2C)cc1. The summed E-state index contributed by atoms with van der Waals surface area (Å²) < 4.78 is 10.00. The molecule has 0 heterocycles. The van der Waals surface area contributed by atoms with Gasteiger partial charge in [0.25, 0.3) is 5.91 Å². The first-order chi connectivity index (χ1) is 13.0. The summed E-state index contributed by atoms with van der Waals surface area (Å²) in [7, 11) is 1.58. The molecule has 0 radical (unpaired) electrons. The maximum Gasteiger partial charge on any atom is 0.331 e. The number of rotatable bonds is 7. The summed E-state index contributed by atoms with van der Waals surface area (Å²) in [6, 6.07) is 12.4. The van der Waals surface area contributed by atoms with Crippen molar-refractivity contribution in [3.63, 3.8) is 0 Å². The summed E-state index contributed by atoms with van der Waals surface area (Å²) >= 11 is 1.05. The third-order valence-electron chi connectivity index (χ3n) is 3.51.